The Morgan fingerprint density at radius 3 is 2.46 bits per heavy atom. The summed E-state index contributed by atoms with van der Waals surface area (Å²) in [4.78, 5) is 30.4. The van der Waals surface area contributed by atoms with Gasteiger partial charge in [0.25, 0.3) is 5.91 Å². The Hall–Kier alpha value is -3.41. The molecule has 0 N–H and O–H groups in total. The monoisotopic (exact) mass is 467 g/mol. The molecule has 0 aliphatic carbocycles. The Labute approximate surface area is 207 Å². The summed E-state index contributed by atoms with van der Waals surface area (Å²) in [5.41, 5.74) is 6.93. The van der Waals surface area contributed by atoms with E-state index in [-0.39, 0.29) is 5.91 Å². The van der Waals surface area contributed by atoms with Gasteiger partial charge in [-0.1, -0.05) is 42.0 Å². The van der Waals surface area contributed by atoms with Crippen molar-refractivity contribution >= 4 is 17.7 Å². The van der Waals surface area contributed by atoms with Gasteiger partial charge in [-0.15, -0.1) is 0 Å². The summed E-state index contributed by atoms with van der Waals surface area (Å²) in [5, 5.41) is 0. The van der Waals surface area contributed by atoms with Crippen LogP contribution in [0.4, 0.5) is 11.8 Å². The van der Waals surface area contributed by atoms with Crippen LogP contribution < -0.4 is 9.80 Å². The molecule has 1 fully saturated rings. The lowest BCUT2D eigenvalue weighted by Crippen LogP contribution is -2.40. The fourth-order valence-electron chi connectivity index (χ4n) is 5.69. The van der Waals surface area contributed by atoms with Gasteiger partial charge in [0, 0.05) is 50.3 Å². The number of carbonyl (C=O) groups excluding carboxylic acids is 1. The minimum absolute atomic E-state index is 0.0978. The minimum Gasteiger partial charge on any atom is -0.356 e. The lowest BCUT2D eigenvalue weighted by molar-refractivity contribution is 0.0733. The molecule has 1 aromatic heterocycles. The van der Waals surface area contributed by atoms with E-state index in [0.717, 1.165) is 73.2 Å². The van der Waals surface area contributed by atoms with Gasteiger partial charge in [-0.05, 0) is 55.9 Å². The van der Waals surface area contributed by atoms with Crippen molar-refractivity contribution in [2.75, 3.05) is 36.0 Å². The fourth-order valence-corrected chi connectivity index (χ4v) is 5.69. The molecule has 0 atom stereocenters. The molecule has 6 rings (SSSR count). The summed E-state index contributed by atoms with van der Waals surface area (Å²) in [6.45, 7) is 7.15. The summed E-state index contributed by atoms with van der Waals surface area (Å²) in [6.07, 6.45) is 5.45. The summed E-state index contributed by atoms with van der Waals surface area (Å²) < 4.78 is 0. The number of fused-ring (bicyclic) bond motifs is 2. The maximum atomic E-state index is 13.3. The predicted octanol–water partition coefficient (Wildman–Crippen LogP) is 4.54. The van der Waals surface area contributed by atoms with Gasteiger partial charge in [0.1, 0.15) is 5.82 Å². The molecule has 0 bridgehead atoms. The van der Waals surface area contributed by atoms with E-state index < -0.39 is 0 Å². The third-order valence-electron chi connectivity index (χ3n) is 7.65. The molecule has 0 radical (unpaired) electrons. The van der Waals surface area contributed by atoms with Crippen LogP contribution in [0.2, 0.25) is 0 Å². The molecule has 180 valence electrons. The van der Waals surface area contributed by atoms with E-state index in [1.54, 1.807) is 0 Å². The molecule has 3 aliphatic heterocycles. The molecule has 6 heteroatoms. The maximum absolute atomic E-state index is 13.3. The third kappa shape index (κ3) is 4.38. The molecule has 1 amide bonds. The molecule has 35 heavy (non-hydrogen) atoms. The number of piperidine rings is 1. The van der Waals surface area contributed by atoms with E-state index in [9.17, 15) is 4.79 Å². The van der Waals surface area contributed by atoms with Crippen molar-refractivity contribution < 1.29 is 4.79 Å². The normalized spacial score (nSPS) is 17.7. The Morgan fingerprint density at radius 1 is 0.800 bits per heavy atom. The molecule has 6 nitrogen and oxygen atoms in total. The first-order valence-electron chi connectivity index (χ1n) is 13.0. The number of amides is 1. The van der Waals surface area contributed by atoms with Gasteiger partial charge in [0.05, 0.1) is 12.2 Å². The summed E-state index contributed by atoms with van der Waals surface area (Å²) in [5.74, 6) is 1.99. The van der Waals surface area contributed by atoms with E-state index in [1.807, 2.05) is 36.1 Å². The summed E-state index contributed by atoms with van der Waals surface area (Å²) >= 11 is 0. The lowest BCUT2D eigenvalue weighted by Gasteiger charge is -2.36. The standard InChI is InChI=1S/C29H33N5O/c1-21-8-7-11-23(18-21)28(35)33-17-13-26-25(20-33)27(32-14-5-2-6-15-32)31-29(30-26)34-16-12-22-9-3-4-10-24(22)19-34/h3-4,7-11,18H,2,5-6,12-17,19-20H2,1H3. The summed E-state index contributed by atoms with van der Waals surface area (Å²) in [6, 6.07) is 16.6. The number of hydrogen-bond donors (Lipinski definition) is 0. The van der Waals surface area contributed by atoms with Crippen LogP contribution in [0.3, 0.4) is 0 Å². The topological polar surface area (TPSA) is 52.6 Å². The number of carbonyl (C=O) groups is 1. The second kappa shape index (κ2) is 9.33. The Balaban J connectivity index is 1.33. The highest BCUT2D eigenvalue weighted by Gasteiger charge is 2.30. The molecule has 1 saturated heterocycles. The van der Waals surface area contributed by atoms with E-state index in [2.05, 4.69) is 34.1 Å². The minimum atomic E-state index is 0.0978. The second-order valence-corrected chi connectivity index (χ2v) is 10.1. The van der Waals surface area contributed by atoms with E-state index in [4.69, 9.17) is 9.97 Å². The van der Waals surface area contributed by atoms with Crippen LogP contribution in [-0.4, -0.2) is 47.0 Å². The highest BCUT2D eigenvalue weighted by molar-refractivity contribution is 5.94. The molecule has 3 aliphatic rings. The second-order valence-electron chi connectivity index (χ2n) is 10.1. The van der Waals surface area contributed by atoms with Gasteiger partial charge in [-0.3, -0.25) is 4.79 Å². The maximum Gasteiger partial charge on any atom is 0.254 e. The Kier molecular flexibility index (Phi) is 5.88. The van der Waals surface area contributed by atoms with E-state index in [0.29, 0.717) is 13.1 Å². The van der Waals surface area contributed by atoms with Crippen LogP contribution in [0.25, 0.3) is 0 Å². The van der Waals surface area contributed by atoms with Gasteiger partial charge in [0.2, 0.25) is 5.95 Å². The Bertz CT molecular complexity index is 1250. The SMILES string of the molecule is Cc1cccc(C(=O)N2CCc3nc(N4CCc5ccccc5C4)nc(N4CCCCC4)c3C2)c1. The lowest BCUT2D eigenvalue weighted by atomic mass is 10.00. The van der Waals surface area contributed by atoms with Crippen LogP contribution in [0.5, 0.6) is 0 Å². The first-order valence-corrected chi connectivity index (χ1v) is 13.0. The largest absolute Gasteiger partial charge is 0.356 e. The number of anilines is 2. The molecule has 3 aromatic rings. The highest BCUT2D eigenvalue weighted by Crippen LogP contribution is 2.32. The zero-order chi connectivity index (χ0) is 23.8. The first kappa shape index (κ1) is 22.1. The van der Waals surface area contributed by atoms with Crippen LogP contribution >= 0.6 is 0 Å². The van der Waals surface area contributed by atoms with Gasteiger partial charge < -0.3 is 14.7 Å². The van der Waals surface area contributed by atoms with Crippen molar-refractivity contribution in [1.29, 1.82) is 0 Å². The van der Waals surface area contributed by atoms with Crippen LogP contribution in [0.15, 0.2) is 48.5 Å². The number of rotatable bonds is 3. The number of benzene rings is 2. The zero-order valence-corrected chi connectivity index (χ0v) is 20.5. The summed E-state index contributed by atoms with van der Waals surface area (Å²) in [7, 11) is 0. The molecular weight excluding hydrogens is 434 g/mol. The van der Waals surface area contributed by atoms with Crippen molar-refractivity contribution in [3.05, 3.63) is 82.0 Å². The highest BCUT2D eigenvalue weighted by atomic mass is 16.2. The van der Waals surface area contributed by atoms with Crippen molar-refractivity contribution in [1.82, 2.24) is 14.9 Å². The van der Waals surface area contributed by atoms with E-state index >= 15 is 0 Å². The molecular formula is C29H33N5O. The molecule has 4 heterocycles. The van der Waals surface area contributed by atoms with Gasteiger partial charge in [-0.2, -0.15) is 4.98 Å². The average Bonchev–Trinajstić information content (AvgIpc) is 2.92. The van der Waals surface area contributed by atoms with Crippen molar-refractivity contribution in [3.63, 3.8) is 0 Å². The quantitative estimate of drug-likeness (QED) is 0.566. The van der Waals surface area contributed by atoms with Gasteiger partial charge in [-0.25, -0.2) is 4.98 Å². The average molecular weight is 468 g/mol. The van der Waals surface area contributed by atoms with Crippen molar-refractivity contribution in [2.45, 2.75) is 52.1 Å². The molecule has 0 unspecified atom stereocenters. The molecule has 0 spiro atoms. The van der Waals surface area contributed by atoms with Gasteiger partial charge >= 0.3 is 0 Å². The number of hydrogen-bond acceptors (Lipinski definition) is 5. The number of aromatic nitrogens is 2. The smallest absolute Gasteiger partial charge is 0.254 e. The van der Waals surface area contributed by atoms with Crippen LogP contribution in [-0.2, 0) is 25.9 Å². The van der Waals surface area contributed by atoms with Crippen molar-refractivity contribution in [3.8, 4) is 0 Å². The van der Waals surface area contributed by atoms with Crippen LogP contribution in [0, 0.1) is 6.92 Å². The van der Waals surface area contributed by atoms with Crippen molar-refractivity contribution in [2.24, 2.45) is 0 Å². The first-order chi connectivity index (χ1) is 17.2. The van der Waals surface area contributed by atoms with Crippen LogP contribution in [0.1, 0.15) is 57.6 Å². The number of nitrogens with zero attached hydrogens (tertiary/aromatic N) is 5. The third-order valence-corrected chi connectivity index (χ3v) is 7.65. The van der Waals surface area contributed by atoms with E-state index in [1.165, 1.54) is 30.4 Å². The number of aryl methyl sites for hydroxylation is 1. The van der Waals surface area contributed by atoms with Gasteiger partial charge in [0.15, 0.2) is 0 Å². The molecule has 2 aromatic carbocycles. The zero-order valence-electron chi connectivity index (χ0n) is 20.5. The fraction of sp³-hybridized carbons (Fsp3) is 0.414. The Morgan fingerprint density at radius 2 is 1.63 bits per heavy atom. The predicted molar refractivity (Wildman–Crippen MR) is 139 cm³/mol. The molecule has 0 saturated carbocycles.